The standard InChI is InChI=1S/C15H20I2O4/c1-14(2,21-13(19)15(3,17)6-16)11-7-4-8-9(5-7)20-12(18)10(8)11/h7-11H,4-6H2,1-3H3. The Balaban J connectivity index is 1.80. The number of rotatable bonds is 4. The van der Waals surface area contributed by atoms with Crippen molar-refractivity contribution in [2.24, 2.45) is 23.7 Å². The van der Waals surface area contributed by atoms with Crippen LogP contribution in [0.2, 0.25) is 0 Å². The molecular weight excluding hydrogens is 498 g/mol. The van der Waals surface area contributed by atoms with Crippen molar-refractivity contribution in [3.05, 3.63) is 0 Å². The van der Waals surface area contributed by atoms with Gasteiger partial charge in [0.05, 0.1) is 5.92 Å². The molecule has 0 aromatic heterocycles. The molecule has 6 atom stereocenters. The first kappa shape index (κ1) is 16.3. The van der Waals surface area contributed by atoms with E-state index in [1.807, 2.05) is 20.8 Å². The summed E-state index contributed by atoms with van der Waals surface area (Å²) in [5.74, 6) is 0.550. The number of hydrogen-bond donors (Lipinski definition) is 0. The number of fused-ring (bicyclic) bond motifs is 1. The van der Waals surface area contributed by atoms with Gasteiger partial charge in [0.1, 0.15) is 15.1 Å². The summed E-state index contributed by atoms with van der Waals surface area (Å²) in [7, 11) is 0. The second-order valence-electron chi connectivity index (χ2n) is 7.25. The van der Waals surface area contributed by atoms with E-state index in [-0.39, 0.29) is 29.9 Å². The zero-order valence-electron chi connectivity index (χ0n) is 12.4. The highest BCUT2D eigenvalue weighted by molar-refractivity contribution is 14.1. The van der Waals surface area contributed by atoms with Crippen LogP contribution in [0.3, 0.4) is 0 Å². The van der Waals surface area contributed by atoms with Gasteiger partial charge in [-0.3, -0.25) is 9.59 Å². The van der Waals surface area contributed by atoms with Crippen molar-refractivity contribution in [3.8, 4) is 0 Å². The fourth-order valence-electron chi connectivity index (χ4n) is 4.45. The molecule has 0 aromatic rings. The summed E-state index contributed by atoms with van der Waals surface area (Å²) in [6.07, 6.45) is 2.10. The van der Waals surface area contributed by atoms with Crippen molar-refractivity contribution in [2.75, 3.05) is 4.43 Å². The van der Waals surface area contributed by atoms with Gasteiger partial charge in [-0.05, 0) is 39.5 Å². The minimum absolute atomic E-state index is 0.0726. The Morgan fingerprint density at radius 1 is 1.38 bits per heavy atom. The average molecular weight is 518 g/mol. The van der Waals surface area contributed by atoms with E-state index in [0.717, 1.165) is 12.8 Å². The minimum atomic E-state index is -0.617. The molecule has 1 heterocycles. The zero-order valence-corrected chi connectivity index (χ0v) is 16.7. The van der Waals surface area contributed by atoms with Gasteiger partial charge in [-0.1, -0.05) is 45.2 Å². The van der Waals surface area contributed by atoms with Crippen LogP contribution < -0.4 is 0 Å². The molecule has 6 heteroatoms. The fourth-order valence-corrected chi connectivity index (χ4v) is 4.88. The minimum Gasteiger partial charge on any atom is -0.462 e. The maximum Gasteiger partial charge on any atom is 0.323 e. The highest BCUT2D eigenvalue weighted by atomic mass is 127. The molecule has 118 valence electrons. The number of ether oxygens (including phenoxy) is 2. The number of halogens is 2. The van der Waals surface area contributed by atoms with Crippen LogP contribution in [0.5, 0.6) is 0 Å². The smallest absolute Gasteiger partial charge is 0.323 e. The molecule has 0 aromatic carbocycles. The van der Waals surface area contributed by atoms with Crippen molar-refractivity contribution in [1.29, 1.82) is 0 Å². The molecular formula is C15H20I2O4. The summed E-state index contributed by atoms with van der Waals surface area (Å²) >= 11 is 4.35. The van der Waals surface area contributed by atoms with Crippen LogP contribution in [0, 0.1) is 23.7 Å². The Morgan fingerprint density at radius 3 is 2.67 bits per heavy atom. The van der Waals surface area contributed by atoms with Crippen LogP contribution in [0.25, 0.3) is 0 Å². The second kappa shape index (κ2) is 5.21. The predicted molar refractivity (Wildman–Crippen MR) is 94.6 cm³/mol. The summed E-state index contributed by atoms with van der Waals surface area (Å²) in [6, 6.07) is 0. The predicted octanol–water partition coefficient (Wildman–Crippen LogP) is 3.13. The Labute approximate surface area is 152 Å². The Hall–Kier alpha value is 0.400. The lowest BCUT2D eigenvalue weighted by atomic mass is 9.71. The third-order valence-corrected chi connectivity index (χ3v) is 9.13. The van der Waals surface area contributed by atoms with Crippen LogP contribution in [-0.4, -0.2) is 31.5 Å². The molecule has 3 rings (SSSR count). The SMILES string of the molecule is CC(I)(CI)C(=O)OC(C)(C)C1C2CC3OC(=O)C1C3C2. The van der Waals surface area contributed by atoms with Crippen molar-refractivity contribution in [2.45, 2.75) is 48.7 Å². The topological polar surface area (TPSA) is 52.6 Å². The summed E-state index contributed by atoms with van der Waals surface area (Å²) in [6.45, 7) is 5.80. The lowest BCUT2D eigenvalue weighted by Gasteiger charge is -2.39. The molecule has 1 saturated heterocycles. The van der Waals surface area contributed by atoms with Gasteiger partial charge in [-0.15, -0.1) is 0 Å². The summed E-state index contributed by atoms with van der Waals surface area (Å²) in [5.41, 5.74) is -0.617. The molecule has 2 bridgehead atoms. The Morgan fingerprint density at radius 2 is 2.05 bits per heavy atom. The molecule has 3 fully saturated rings. The molecule has 0 N–H and O–H groups in total. The molecule has 6 unspecified atom stereocenters. The van der Waals surface area contributed by atoms with Gasteiger partial charge in [0.25, 0.3) is 0 Å². The van der Waals surface area contributed by atoms with E-state index in [2.05, 4.69) is 45.2 Å². The normalized spacial score (nSPS) is 40.0. The maximum atomic E-state index is 12.4. The molecule has 0 radical (unpaired) electrons. The highest BCUT2D eigenvalue weighted by Crippen LogP contribution is 2.61. The number of hydrogen-bond acceptors (Lipinski definition) is 4. The number of carbonyl (C=O) groups is 2. The van der Waals surface area contributed by atoms with Gasteiger partial charge < -0.3 is 9.47 Å². The lowest BCUT2D eigenvalue weighted by Crippen LogP contribution is -2.48. The van der Waals surface area contributed by atoms with Crippen LogP contribution in [-0.2, 0) is 19.1 Å². The number of carbonyl (C=O) groups excluding carboxylic acids is 2. The zero-order chi connectivity index (χ0) is 15.6. The van der Waals surface area contributed by atoms with E-state index in [1.54, 1.807) is 0 Å². The Bertz CT molecular complexity index is 486. The van der Waals surface area contributed by atoms with Crippen molar-refractivity contribution >= 4 is 57.1 Å². The summed E-state index contributed by atoms with van der Waals surface area (Å²) in [5, 5.41) is 0. The van der Waals surface area contributed by atoms with Gasteiger partial charge in [0, 0.05) is 16.3 Å². The molecule has 3 aliphatic rings. The first-order valence-corrected chi connectivity index (χ1v) is 9.96. The van der Waals surface area contributed by atoms with E-state index in [4.69, 9.17) is 9.47 Å². The van der Waals surface area contributed by atoms with Crippen LogP contribution in [0.1, 0.15) is 33.6 Å². The van der Waals surface area contributed by atoms with Crippen LogP contribution >= 0.6 is 45.2 Å². The van der Waals surface area contributed by atoms with Crippen molar-refractivity contribution < 1.29 is 19.1 Å². The highest BCUT2D eigenvalue weighted by Gasteiger charge is 2.66. The van der Waals surface area contributed by atoms with E-state index in [0.29, 0.717) is 16.3 Å². The van der Waals surface area contributed by atoms with E-state index in [9.17, 15) is 9.59 Å². The molecule has 21 heavy (non-hydrogen) atoms. The van der Waals surface area contributed by atoms with Gasteiger partial charge >= 0.3 is 11.9 Å². The van der Waals surface area contributed by atoms with E-state index < -0.39 is 9.02 Å². The van der Waals surface area contributed by atoms with E-state index in [1.165, 1.54) is 0 Å². The lowest BCUT2D eigenvalue weighted by molar-refractivity contribution is -0.169. The first-order chi connectivity index (χ1) is 9.67. The number of alkyl halides is 2. The van der Waals surface area contributed by atoms with Gasteiger partial charge in [0.15, 0.2) is 0 Å². The third-order valence-electron chi connectivity index (χ3n) is 5.32. The first-order valence-electron chi connectivity index (χ1n) is 7.36. The second-order valence-corrected chi connectivity index (χ2v) is 10.4. The maximum absolute atomic E-state index is 12.4. The van der Waals surface area contributed by atoms with Crippen molar-refractivity contribution in [1.82, 2.24) is 0 Å². The molecule has 2 aliphatic carbocycles. The average Bonchev–Trinajstić information content (AvgIpc) is 2.98. The molecule has 0 spiro atoms. The molecule has 0 amide bonds. The van der Waals surface area contributed by atoms with Crippen LogP contribution in [0.4, 0.5) is 0 Å². The summed E-state index contributed by atoms with van der Waals surface area (Å²) in [4.78, 5) is 24.5. The monoisotopic (exact) mass is 518 g/mol. The Kier molecular flexibility index (Phi) is 4.03. The van der Waals surface area contributed by atoms with Crippen LogP contribution in [0.15, 0.2) is 0 Å². The van der Waals surface area contributed by atoms with Gasteiger partial charge in [-0.25, -0.2) is 0 Å². The number of esters is 2. The van der Waals surface area contributed by atoms with E-state index >= 15 is 0 Å². The molecule has 2 saturated carbocycles. The van der Waals surface area contributed by atoms with Gasteiger partial charge in [0.2, 0.25) is 0 Å². The molecule has 4 nitrogen and oxygen atoms in total. The molecule has 1 aliphatic heterocycles. The quantitative estimate of drug-likeness (QED) is 0.326. The van der Waals surface area contributed by atoms with Crippen molar-refractivity contribution in [3.63, 3.8) is 0 Å². The third kappa shape index (κ3) is 2.52. The van der Waals surface area contributed by atoms with Gasteiger partial charge in [-0.2, -0.15) is 0 Å². The summed E-state index contributed by atoms with van der Waals surface area (Å²) < 4.78 is 11.5. The fraction of sp³-hybridized carbons (Fsp3) is 0.867. The largest absolute Gasteiger partial charge is 0.462 e.